The van der Waals surface area contributed by atoms with Crippen molar-refractivity contribution in [2.24, 2.45) is 4.99 Å². The second kappa shape index (κ2) is 9.64. The minimum absolute atomic E-state index is 0.175. The fourth-order valence-electron chi connectivity index (χ4n) is 1.85. The van der Waals surface area contributed by atoms with Crippen LogP contribution >= 0.6 is 11.8 Å². The Labute approximate surface area is 125 Å². The number of rotatable bonds is 7. The number of aliphatic imine (C=N–C) groups is 1. The van der Waals surface area contributed by atoms with Gasteiger partial charge in [0.05, 0.1) is 6.54 Å². The molecule has 3 nitrogen and oxygen atoms in total. The highest BCUT2D eigenvalue weighted by molar-refractivity contribution is 7.98. The van der Waals surface area contributed by atoms with Gasteiger partial charge in [0.15, 0.2) is 5.96 Å². The van der Waals surface area contributed by atoms with Crippen LogP contribution in [0, 0.1) is 12.7 Å². The standard InChI is InChI=1S/C15H24FN3S/c1-4-17-15(19-9-10-20-3)18-8-7-13-5-6-14(16)11-12(13)2/h5-6,11H,4,7-10H2,1-3H3,(H2,17,18,19). The van der Waals surface area contributed by atoms with E-state index in [9.17, 15) is 4.39 Å². The lowest BCUT2D eigenvalue weighted by atomic mass is 10.1. The van der Waals surface area contributed by atoms with Crippen molar-refractivity contribution in [2.45, 2.75) is 20.3 Å². The molecule has 0 aliphatic carbocycles. The van der Waals surface area contributed by atoms with E-state index >= 15 is 0 Å². The molecule has 0 aromatic heterocycles. The largest absolute Gasteiger partial charge is 0.357 e. The fourth-order valence-corrected chi connectivity index (χ4v) is 2.12. The maximum absolute atomic E-state index is 13.0. The van der Waals surface area contributed by atoms with Crippen molar-refractivity contribution >= 4 is 17.7 Å². The Balaban J connectivity index is 2.45. The number of nitrogens with zero attached hydrogens (tertiary/aromatic N) is 1. The van der Waals surface area contributed by atoms with Gasteiger partial charge in [0.25, 0.3) is 0 Å². The van der Waals surface area contributed by atoms with Crippen LogP contribution in [-0.2, 0) is 6.42 Å². The van der Waals surface area contributed by atoms with Crippen LogP contribution in [0.3, 0.4) is 0 Å². The third kappa shape index (κ3) is 6.28. The Morgan fingerprint density at radius 3 is 2.80 bits per heavy atom. The molecule has 0 aliphatic heterocycles. The first kappa shape index (κ1) is 16.8. The Kier molecular flexibility index (Phi) is 8.11. The lowest BCUT2D eigenvalue weighted by Crippen LogP contribution is -2.38. The van der Waals surface area contributed by atoms with Gasteiger partial charge in [0.1, 0.15) is 5.82 Å². The number of nitrogens with one attached hydrogen (secondary N) is 2. The smallest absolute Gasteiger partial charge is 0.191 e. The monoisotopic (exact) mass is 297 g/mol. The van der Waals surface area contributed by atoms with Gasteiger partial charge >= 0.3 is 0 Å². The van der Waals surface area contributed by atoms with E-state index in [1.165, 1.54) is 11.6 Å². The fraction of sp³-hybridized carbons (Fsp3) is 0.533. The van der Waals surface area contributed by atoms with Crippen LogP contribution in [0.15, 0.2) is 23.2 Å². The van der Waals surface area contributed by atoms with Gasteiger partial charge in [-0.1, -0.05) is 6.07 Å². The number of halogens is 1. The van der Waals surface area contributed by atoms with E-state index in [-0.39, 0.29) is 5.82 Å². The number of benzene rings is 1. The van der Waals surface area contributed by atoms with E-state index < -0.39 is 0 Å². The zero-order valence-electron chi connectivity index (χ0n) is 12.5. The van der Waals surface area contributed by atoms with Crippen molar-refractivity contribution < 1.29 is 4.39 Å². The molecule has 0 radical (unpaired) electrons. The molecule has 0 saturated carbocycles. The number of thioether (sulfide) groups is 1. The maximum atomic E-state index is 13.0. The van der Waals surface area contributed by atoms with E-state index in [1.807, 2.05) is 13.0 Å². The molecule has 1 rings (SSSR count). The zero-order chi connectivity index (χ0) is 14.8. The van der Waals surface area contributed by atoms with Crippen LogP contribution < -0.4 is 10.6 Å². The van der Waals surface area contributed by atoms with Crippen molar-refractivity contribution in [1.29, 1.82) is 0 Å². The molecule has 0 aliphatic rings. The summed E-state index contributed by atoms with van der Waals surface area (Å²) in [7, 11) is 0. The average Bonchev–Trinajstić information content (AvgIpc) is 2.41. The molecule has 5 heteroatoms. The third-order valence-corrected chi connectivity index (χ3v) is 3.49. The van der Waals surface area contributed by atoms with Gasteiger partial charge in [-0.3, -0.25) is 4.99 Å². The van der Waals surface area contributed by atoms with Crippen molar-refractivity contribution in [1.82, 2.24) is 10.6 Å². The normalized spacial score (nSPS) is 11.5. The molecule has 112 valence electrons. The van der Waals surface area contributed by atoms with Gasteiger partial charge in [-0.15, -0.1) is 0 Å². The molecular formula is C15H24FN3S. The van der Waals surface area contributed by atoms with E-state index in [4.69, 9.17) is 0 Å². The third-order valence-electron chi connectivity index (χ3n) is 2.90. The summed E-state index contributed by atoms with van der Waals surface area (Å²) in [6.07, 6.45) is 2.94. The Bertz CT molecular complexity index is 435. The lowest BCUT2D eigenvalue weighted by Gasteiger charge is -2.12. The van der Waals surface area contributed by atoms with Gasteiger partial charge in [-0.25, -0.2) is 4.39 Å². The second-order valence-corrected chi connectivity index (χ2v) is 5.49. The highest BCUT2D eigenvalue weighted by Crippen LogP contribution is 2.10. The van der Waals surface area contributed by atoms with Crippen LogP contribution in [0.2, 0.25) is 0 Å². The summed E-state index contributed by atoms with van der Waals surface area (Å²) in [5, 5.41) is 6.53. The quantitative estimate of drug-likeness (QED) is 0.461. The molecule has 0 atom stereocenters. The first-order chi connectivity index (χ1) is 9.67. The molecule has 0 spiro atoms. The van der Waals surface area contributed by atoms with Crippen LogP contribution in [0.1, 0.15) is 18.1 Å². The number of guanidine groups is 1. The molecule has 0 saturated heterocycles. The summed E-state index contributed by atoms with van der Waals surface area (Å²) in [5.74, 6) is 1.70. The molecule has 0 heterocycles. The van der Waals surface area contributed by atoms with Crippen LogP contribution in [-0.4, -0.2) is 37.6 Å². The molecule has 1 aromatic carbocycles. The SMILES string of the molecule is CCNC(=NCCSC)NCCc1ccc(F)cc1C. The van der Waals surface area contributed by atoms with E-state index in [0.29, 0.717) is 0 Å². The molecular weight excluding hydrogens is 273 g/mol. The average molecular weight is 297 g/mol. The molecule has 20 heavy (non-hydrogen) atoms. The Morgan fingerprint density at radius 1 is 1.35 bits per heavy atom. The van der Waals surface area contributed by atoms with Gasteiger partial charge in [0.2, 0.25) is 0 Å². The summed E-state index contributed by atoms with van der Waals surface area (Å²) < 4.78 is 13.0. The highest BCUT2D eigenvalue weighted by atomic mass is 32.2. The lowest BCUT2D eigenvalue weighted by molar-refractivity contribution is 0.625. The maximum Gasteiger partial charge on any atom is 0.191 e. The Hall–Kier alpha value is -1.23. The summed E-state index contributed by atoms with van der Waals surface area (Å²) in [5.41, 5.74) is 2.16. The number of aryl methyl sites for hydroxylation is 1. The van der Waals surface area contributed by atoms with Crippen LogP contribution in [0.4, 0.5) is 4.39 Å². The predicted molar refractivity (Wildman–Crippen MR) is 87.2 cm³/mol. The van der Waals surface area contributed by atoms with E-state index in [1.54, 1.807) is 17.8 Å². The zero-order valence-corrected chi connectivity index (χ0v) is 13.3. The first-order valence-electron chi connectivity index (χ1n) is 6.93. The predicted octanol–water partition coefficient (Wildman–Crippen LogP) is 2.59. The number of hydrogen-bond donors (Lipinski definition) is 2. The summed E-state index contributed by atoms with van der Waals surface area (Å²) in [6.45, 7) is 6.44. The topological polar surface area (TPSA) is 36.4 Å². The highest BCUT2D eigenvalue weighted by Gasteiger charge is 2.01. The summed E-state index contributed by atoms with van der Waals surface area (Å²) in [4.78, 5) is 4.48. The van der Waals surface area contributed by atoms with E-state index in [0.717, 1.165) is 43.3 Å². The molecule has 0 bridgehead atoms. The first-order valence-corrected chi connectivity index (χ1v) is 8.33. The minimum atomic E-state index is -0.175. The second-order valence-electron chi connectivity index (χ2n) is 4.50. The molecule has 2 N–H and O–H groups in total. The molecule has 0 fully saturated rings. The molecule has 0 unspecified atom stereocenters. The molecule has 0 amide bonds. The van der Waals surface area contributed by atoms with Crippen LogP contribution in [0.5, 0.6) is 0 Å². The number of hydrogen-bond acceptors (Lipinski definition) is 2. The van der Waals surface area contributed by atoms with Crippen molar-refractivity contribution in [3.63, 3.8) is 0 Å². The van der Waals surface area contributed by atoms with Gasteiger partial charge in [0, 0.05) is 18.8 Å². The summed E-state index contributed by atoms with van der Waals surface area (Å²) >= 11 is 1.79. The Morgan fingerprint density at radius 2 is 2.15 bits per heavy atom. The van der Waals surface area contributed by atoms with Crippen molar-refractivity contribution in [3.8, 4) is 0 Å². The van der Waals surface area contributed by atoms with Gasteiger partial charge in [-0.2, -0.15) is 11.8 Å². The van der Waals surface area contributed by atoms with Gasteiger partial charge < -0.3 is 10.6 Å². The summed E-state index contributed by atoms with van der Waals surface area (Å²) in [6, 6.07) is 4.94. The van der Waals surface area contributed by atoms with Crippen molar-refractivity contribution in [3.05, 3.63) is 35.1 Å². The van der Waals surface area contributed by atoms with Crippen LogP contribution in [0.25, 0.3) is 0 Å². The van der Waals surface area contributed by atoms with Gasteiger partial charge in [-0.05, 0) is 49.8 Å². The van der Waals surface area contributed by atoms with Crippen molar-refractivity contribution in [2.75, 3.05) is 31.6 Å². The molecule has 1 aromatic rings. The minimum Gasteiger partial charge on any atom is -0.357 e. The van der Waals surface area contributed by atoms with E-state index in [2.05, 4.69) is 28.8 Å².